The van der Waals surface area contributed by atoms with Gasteiger partial charge in [0.1, 0.15) is 5.52 Å². The number of rotatable bonds is 2. The monoisotopic (exact) mass is 377 g/mol. The predicted octanol–water partition coefficient (Wildman–Crippen LogP) is 1.60. The molecule has 0 atom stereocenters. The molecule has 132 valence electrons. The molecule has 1 N–H and O–H groups in total. The van der Waals surface area contributed by atoms with Gasteiger partial charge in [-0.05, 0) is 46.5 Å². The van der Waals surface area contributed by atoms with E-state index < -0.39 is 12.9 Å². The van der Waals surface area contributed by atoms with E-state index in [1.807, 2.05) is 12.1 Å². The highest BCUT2D eigenvalue weighted by atomic mass is 31.2. The molecule has 8 nitrogen and oxygen atoms in total. The van der Waals surface area contributed by atoms with Gasteiger partial charge in [-0.25, -0.2) is 4.98 Å². The van der Waals surface area contributed by atoms with Crippen LogP contribution in [0.5, 0.6) is 0 Å². The van der Waals surface area contributed by atoms with Gasteiger partial charge in [-0.1, -0.05) is 24.3 Å². The molecule has 0 aliphatic carbocycles. The molecule has 0 spiro atoms. The van der Waals surface area contributed by atoms with Crippen molar-refractivity contribution in [1.29, 1.82) is 0 Å². The minimum atomic E-state index is -3.65. The second-order valence-electron chi connectivity index (χ2n) is 5.93. The molecule has 0 saturated carbocycles. The lowest BCUT2D eigenvalue weighted by Gasteiger charge is -2.28. The summed E-state index contributed by atoms with van der Waals surface area (Å²) in [5.41, 5.74) is 1.12. The van der Waals surface area contributed by atoms with E-state index in [0.29, 0.717) is 32.3 Å². The highest BCUT2D eigenvalue weighted by Gasteiger charge is 2.39. The maximum absolute atomic E-state index is 14.0. The van der Waals surface area contributed by atoms with Gasteiger partial charge in [0.2, 0.25) is 0 Å². The molecular weight excluding hydrogens is 365 g/mol. The Labute approximate surface area is 152 Å². The first-order chi connectivity index (χ1) is 13.2. The van der Waals surface area contributed by atoms with Gasteiger partial charge >= 0.3 is 12.9 Å². The molecule has 3 heterocycles. The van der Waals surface area contributed by atoms with Gasteiger partial charge in [-0.3, -0.25) is 9.36 Å². The summed E-state index contributed by atoms with van der Waals surface area (Å²) in [6.45, 7) is 0. The maximum atomic E-state index is 14.0. The van der Waals surface area contributed by atoms with Crippen molar-refractivity contribution < 1.29 is 9.19 Å². The summed E-state index contributed by atoms with van der Waals surface area (Å²) >= 11 is 0. The largest absolute Gasteiger partial charge is 0.354 e. The number of nitrogens with one attached hydrogen (secondary N) is 1. The van der Waals surface area contributed by atoms with Crippen LogP contribution in [0.1, 0.15) is 0 Å². The highest BCUT2D eigenvalue weighted by Crippen LogP contribution is 2.48. The standard InChI is InChI=1S/C18H12N5O3P/c24-18-17-14(8-5-11-19-17)21-22-23(18)26-27(25)15-9-3-1-6-12(15)20-13-7-2-4-10-16(13)27/h1-11,20H. The zero-order chi connectivity index (χ0) is 18.4. The Morgan fingerprint density at radius 3 is 2.30 bits per heavy atom. The van der Waals surface area contributed by atoms with Gasteiger partial charge in [0, 0.05) is 6.20 Å². The fourth-order valence-electron chi connectivity index (χ4n) is 3.06. The van der Waals surface area contributed by atoms with Gasteiger partial charge in [0.15, 0.2) is 5.52 Å². The first-order valence-electron chi connectivity index (χ1n) is 8.14. The van der Waals surface area contributed by atoms with Crippen molar-refractivity contribution in [3.8, 4) is 0 Å². The number of hydrogen-bond donors (Lipinski definition) is 1. The first kappa shape index (κ1) is 15.7. The van der Waals surface area contributed by atoms with Crippen LogP contribution in [-0.2, 0) is 4.57 Å². The van der Waals surface area contributed by atoms with E-state index in [0.717, 1.165) is 0 Å². The number of hydrogen-bond acceptors (Lipinski definition) is 7. The molecule has 2 aromatic carbocycles. The van der Waals surface area contributed by atoms with Crippen LogP contribution in [0, 0.1) is 0 Å². The maximum Gasteiger partial charge on any atom is 0.334 e. The molecule has 0 unspecified atom stereocenters. The van der Waals surface area contributed by atoms with Crippen molar-refractivity contribution in [2.75, 3.05) is 5.32 Å². The smallest absolute Gasteiger partial charge is 0.334 e. The number of benzene rings is 2. The van der Waals surface area contributed by atoms with Gasteiger partial charge in [0.25, 0.3) is 0 Å². The minimum Gasteiger partial charge on any atom is -0.354 e. The average Bonchev–Trinajstić information content (AvgIpc) is 2.71. The van der Waals surface area contributed by atoms with E-state index in [1.165, 1.54) is 6.20 Å². The van der Waals surface area contributed by atoms with E-state index in [-0.39, 0.29) is 5.52 Å². The Balaban J connectivity index is 1.73. The third-order valence-electron chi connectivity index (χ3n) is 4.30. The summed E-state index contributed by atoms with van der Waals surface area (Å²) in [5.74, 6) is 0. The third-order valence-corrected chi connectivity index (χ3v) is 6.73. The van der Waals surface area contributed by atoms with Crippen molar-refractivity contribution in [2.45, 2.75) is 0 Å². The summed E-state index contributed by atoms with van der Waals surface area (Å²) in [6.07, 6.45) is 1.48. The van der Waals surface area contributed by atoms with Gasteiger partial charge in [-0.2, -0.15) is 0 Å². The van der Waals surface area contributed by atoms with E-state index in [4.69, 9.17) is 4.62 Å². The summed E-state index contributed by atoms with van der Waals surface area (Å²) in [7, 11) is -3.65. The molecule has 9 heteroatoms. The Hall–Kier alpha value is -3.51. The number of para-hydroxylation sites is 2. The molecule has 27 heavy (non-hydrogen) atoms. The molecule has 1 aliphatic heterocycles. The lowest BCUT2D eigenvalue weighted by atomic mass is 10.2. The van der Waals surface area contributed by atoms with E-state index >= 15 is 0 Å². The molecule has 5 rings (SSSR count). The molecule has 0 fully saturated rings. The Morgan fingerprint density at radius 2 is 1.59 bits per heavy atom. The first-order valence-corrected chi connectivity index (χ1v) is 9.76. The second kappa shape index (κ2) is 5.75. The number of fused-ring (bicyclic) bond motifs is 3. The predicted molar refractivity (Wildman–Crippen MR) is 101 cm³/mol. The fourth-order valence-corrected chi connectivity index (χ4v) is 5.28. The van der Waals surface area contributed by atoms with Crippen LogP contribution in [0.3, 0.4) is 0 Å². The normalized spacial score (nSPS) is 14.1. The number of aromatic nitrogens is 4. The summed E-state index contributed by atoms with van der Waals surface area (Å²) in [5, 5.41) is 11.9. The molecule has 1 aliphatic rings. The lowest BCUT2D eigenvalue weighted by Crippen LogP contribution is -2.37. The lowest BCUT2D eigenvalue weighted by molar-refractivity contribution is 0.219. The molecular formula is C18H12N5O3P. The molecule has 0 radical (unpaired) electrons. The zero-order valence-electron chi connectivity index (χ0n) is 13.8. The van der Waals surface area contributed by atoms with Crippen LogP contribution in [-0.4, -0.2) is 20.1 Å². The van der Waals surface area contributed by atoms with Crippen molar-refractivity contribution in [1.82, 2.24) is 20.1 Å². The van der Waals surface area contributed by atoms with E-state index in [9.17, 15) is 9.36 Å². The molecule has 4 aromatic rings. The SMILES string of the molecule is O=c1c2ncccc2nnn1OP1(=O)c2ccccc2Nc2ccccc21. The highest BCUT2D eigenvalue weighted by molar-refractivity contribution is 7.75. The number of pyridine rings is 1. The van der Waals surface area contributed by atoms with Gasteiger partial charge in [0.05, 0.1) is 22.0 Å². The summed E-state index contributed by atoms with van der Waals surface area (Å²) < 4.78 is 19.8. The van der Waals surface area contributed by atoms with E-state index in [2.05, 4.69) is 20.6 Å². The minimum absolute atomic E-state index is 0.0933. The van der Waals surface area contributed by atoms with Crippen molar-refractivity contribution in [2.24, 2.45) is 0 Å². The van der Waals surface area contributed by atoms with Crippen LogP contribution in [0.2, 0.25) is 0 Å². The van der Waals surface area contributed by atoms with Crippen LogP contribution in [0.4, 0.5) is 11.4 Å². The second-order valence-corrected chi connectivity index (χ2v) is 8.16. The summed E-state index contributed by atoms with van der Waals surface area (Å²) in [6, 6.07) is 17.5. The Bertz CT molecular complexity index is 1250. The van der Waals surface area contributed by atoms with Crippen molar-refractivity contribution >= 4 is 40.4 Å². The Morgan fingerprint density at radius 1 is 0.926 bits per heavy atom. The quantitative estimate of drug-likeness (QED) is 0.530. The number of anilines is 2. The zero-order valence-corrected chi connectivity index (χ0v) is 14.7. The Kier molecular flexibility index (Phi) is 3.35. The molecule has 0 saturated heterocycles. The summed E-state index contributed by atoms with van der Waals surface area (Å²) in [4.78, 5) is 17.4. The topological polar surface area (TPSA) is 99.0 Å². The van der Waals surface area contributed by atoms with Crippen LogP contribution >= 0.6 is 7.37 Å². The van der Waals surface area contributed by atoms with Gasteiger partial charge < -0.3 is 9.94 Å². The molecule has 0 bridgehead atoms. The van der Waals surface area contributed by atoms with Crippen LogP contribution in [0.15, 0.2) is 71.7 Å². The number of nitrogens with zero attached hydrogens (tertiary/aromatic N) is 4. The van der Waals surface area contributed by atoms with Crippen molar-refractivity contribution in [3.05, 3.63) is 77.2 Å². The van der Waals surface area contributed by atoms with Crippen LogP contribution < -0.4 is 26.1 Å². The average molecular weight is 377 g/mol. The molecule has 2 aromatic heterocycles. The third kappa shape index (κ3) is 2.34. The van der Waals surface area contributed by atoms with Gasteiger partial charge in [-0.15, -0.1) is 5.10 Å². The fraction of sp³-hybridized carbons (Fsp3) is 0. The van der Waals surface area contributed by atoms with Crippen molar-refractivity contribution in [3.63, 3.8) is 0 Å². The molecule has 0 amide bonds. The van der Waals surface area contributed by atoms with Crippen LogP contribution in [0.25, 0.3) is 11.0 Å². The van der Waals surface area contributed by atoms with E-state index in [1.54, 1.807) is 48.5 Å².